The monoisotopic (exact) mass is 447 g/mol. The standard InChI is InChI=1S/C24H18FN3O3S/c25-18-7-9-19(10-8-18)28-23(12-16-4-2-1-3-5-16)26-27-24(28)32-14-20(29)17-6-11-21-22(13-17)31-15-30-21/h1-11,13H,12,14-15H2. The molecule has 6 nitrogen and oxygen atoms in total. The number of halogens is 1. The Morgan fingerprint density at radius 1 is 0.969 bits per heavy atom. The molecule has 1 aliphatic heterocycles. The lowest BCUT2D eigenvalue weighted by molar-refractivity contribution is 0.102. The highest BCUT2D eigenvalue weighted by Gasteiger charge is 2.19. The maximum Gasteiger partial charge on any atom is 0.231 e. The van der Waals surface area contributed by atoms with Crippen molar-refractivity contribution in [1.82, 2.24) is 14.8 Å². The van der Waals surface area contributed by atoms with Crippen molar-refractivity contribution in [3.63, 3.8) is 0 Å². The van der Waals surface area contributed by atoms with Gasteiger partial charge in [0.1, 0.15) is 11.6 Å². The highest BCUT2D eigenvalue weighted by atomic mass is 32.2. The molecule has 160 valence electrons. The number of rotatable bonds is 7. The SMILES string of the molecule is O=C(CSc1nnc(Cc2ccccc2)n1-c1ccc(F)cc1)c1ccc2c(c1)OCO2. The van der Waals surface area contributed by atoms with Crippen molar-refractivity contribution in [2.75, 3.05) is 12.5 Å². The van der Waals surface area contributed by atoms with E-state index < -0.39 is 0 Å². The second-order valence-electron chi connectivity index (χ2n) is 7.15. The van der Waals surface area contributed by atoms with Crippen molar-refractivity contribution < 1.29 is 18.7 Å². The van der Waals surface area contributed by atoms with Crippen LogP contribution in [0.5, 0.6) is 11.5 Å². The molecule has 3 aromatic carbocycles. The molecule has 0 amide bonds. The summed E-state index contributed by atoms with van der Waals surface area (Å²) in [5, 5.41) is 9.24. The van der Waals surface area contributed by atoms with Gasteiger partial charge in [-0.1, -0.05) is 42.1 Å². The van der Waals surface area contributed by atoms with E-state index in [1.165, 1.54) is 23.9 Å². The Balaban J connectivity index is 1.40. The minimum absolute atomic E-state index is 0.0634. The van der Waals surface area contributed by atoms with Gasteiger partial charge in [-0.15, -0.1) is 10.2 Å². The Hall–Kier alpha value is -3.65. The van der Waals surface area contributed by atoms with Gasteiger partial charge >= 0.3 is 0 Å². The van der Waals surface area contributed by atoms with Crippen LogP contribution in [-0.4, -0.2) is 33.1 Å². The van der Waals surface area contributed by atoms with Gasteiger partial charge in [-0.05, 0) is 48.0 Å². The summed E-state index contributed by atoms with van der Waals surface area (Å²) in [5.41, 5.74) is 2.36. The summed E-state index contributed by atoms with van der Waals surface area (Å²) in [4.78, 5) is 12.8. The molecule has 4 aromatic rings. The Morgan fingerprint density at radius 3 is 2.56 bits per heavy atom. The fourth-order valence-electron chi connectivity index (χ4n) is 3.42. The van der Waals surface area contributed by atoms with Crippen LogP contribution in [0.15, 0.2) is 78.0 Å². The van der Waals surface area contributed by atoms with Gasteiger partial charge in [-0.3, -0.25) is 9.36 Å². The van der Waals surface area contributed by atoms with E-state index in [0.717, 1.165) is 11.3 Å². The number of benzene rings is 3. The molecule has 0 spiro atoms. The van der Waals surface area contributed by atoms with Crippen molar-refractivity contribution in [1.29, 1.82) is 0 Å². The molecule has 0 atom stereocenters. The van der Waals surface area contributed by atoms with Gasteiger partial charge in [0.05, 0.1) is 5.75 Å². The first-order valence-electron chi connectivity index (χ1n) is 9.97. The first-order chi connectivity index (χ1) is 15.7. The van der Waals surface area contributed by atoms with E-state index in [4.69, 9.17) is 9.47 Å². The third-order valence-electron chi connectivity index (χ3n) is 5.02. The molecule has 0 unspecified atom stereocenters. The van der Waals surface area contributed by atoms with Gasteiger partial charge < -0.3 is 9.47 Å². The van der Waals surface area contributed by atoms with Crippen molar-refractivity contribution in [2.24, 2.45) is 0 Å². The first kappa shape index (κ1) is 20.3. The lowest BCUT2D eigenvalue weighted by Crippen LogP contribution is -2.06. The number of nitrogens with zero attached hydrogens (tertiary/aromatic N) is 3. The molecule has 32 heavy (non-hydrogen) atoms. The first-order valence-corrected chi connectivity index (χ1v) is 11.0. The minimum atomic E-state index is -0.321. The number of carbonyl (C=O) groups is 1. The lowest BCUT2D eigenvalue weighted by Gasteiger charge is -2.10. The zero-order valence-corrected chi connectivity index (χ0v) is 17.7. The molecular weight excluding hydrogens is 429 g/mol. The Morgan fingerprint density at radius 2 is 1.75 bits per heavy atom. The molecule has 0 aliphatic carbocycles. The number of aromatic nitrogens is 3. The van der Waals surface area contributed by atoms with Gasteiger partial charge in [0.25, 0.3) is 0 Å². The van der Waals surface area contributed by atoms with Crippen LogP contribution in [0.4, 0.5) is 4.39 Å². The molecule has 0 bridgehead atoms. The predicted molar refractivity (Wildman–Crippen MR) is 118 cm³/mol. The largest absolute Gasteiger partial charge is 0.454 e. The van der Waals surface area contributed by atoms with Crippen LogP contribution in [0, 0.1) is 5.82 Å². The van der Waals surface area contributed by atoms with E-state index in [0.29, 0.717) is 34.5 Å². The molecule has 1 aromatic heterocycles. The number of hydrogen-bond acceptors (Lipinski definition) is 6. The van der Waals surface area contributed by atoms with Crippen molar-refractivity contribution in [2.45, 2.75) is 11.6 Å². The van der Waals surface area contributed by atoms with Crippen LogP contribution in [0.2, 0.25) is 0 Å². The maximum absolute atomic E-state index is 13.5. The van der Waals surface area contributed by atoms with E-state index in [1.54, 1.807) is 30.3 Å². The van der Waals surface area contributed by atoms with Crippen LogP contribution in [0.1, 0.15) is 21.7 Å². The predicted octanol–water partition coefficient (Wildman–Crippen LogP) is 4.70. The summed E-state index contributed by atoms with van der Waals surface area (Å²) in [7, 11) is 0. The number of ether oxygens (including phenoxy) is 2. The van der Waals surface area contributed by atoms with E-state index in [9.17, 15) is 9.18 Å². The molecule has 0 N–H and O–H groups in total. The number of thioether (sulfide) groups is 1. The Kier molecular flexibility index (Phi) is 5.60. The lowest BCUT2D eigenvalue weighted by atomic mass is 10.1. The zero-order chi connectivity index (χ0) is 21.9. The van der Waals surface area contributed by atoms with Gasteiger partial charge in [0, 0.05) is 17.7 Å². The van der Waals surface area contributed by atoms with E-state index in [2.05, 4.69) is 10.2 Å². The van der Waals surface area contributed by atoms with Crippen LogP contribution >= 0.6 is 11.8 Å². The van der Waals surface area contributed by atoms with Crippen molar-refractivity contribution >= 4 is 17.5 Å². The number of ketones is 1. The van der Waals surface area contributed by atoms with Gasteiger partial charge in [0.2, 0.25) is 6.79 Å². The fourth-order valence-corrected chi connectivity index (χ4v) is 4.28. The highest BCUT2D eigenvalue weighted by Crippen LogP contribution is 2.33. The molecule has 0 fully saturated rings. The second-order valence-corrected chi connectivity index (χ2v) is 8.10. The molecule has 5 rings (SSSR count). The van der Waals surface area contributed by atoms with Crippen LogP contribution < -0.4 is 9.47 Å². The molecule has 0 saturated carbocycles. The van der Waals surface area contributed by atoms with E-state index in [-0.39, 0.29) is 24.1 Å². The molecule has 1 aliphatic rings. The normalized spacial score (nSPS) is 12.2. The molecule has 0 radical (unpaired) electrons. The molecular formula is C24H18FN3O3S. The summed E-state index contributed by atoms with van der Waals surface area (Å²) in [6, 6.07) is 21.2. The molecule has 8 heteroatoms. The van der Waals surface area contributed by atoms with Gasteiger partial charge in [-0.25, -0.2) is 4.39 Å². The summed E-state index contributed by atoms with van der Waals surface area (Å²) in [5.74, 6) is 1.70. The van der Waals surface area contributed by atoms with E-state index >= 15 is 0 Å². The van der Waals surface area contributed by atoms with Crippen LogP contribution in [0.25, 0.3) is 5.69 Å². The topological polar surface area (TPSA) is 66.2 Å². The average molecular weight is 447 g/mol. The van der Waals surface area contributed by atoms with Crippen LogP contribution in [0.3, 0.4) is 0 Å². The average Bonchev–Trinajstić information content (AvgIpc) is 3.45. The number of hydrogen-bond donors (Lipinski definition) is 0. The van der Waals surface area contributed by atoms with Crippen LogP contribution in [-0.2, 0) is 6.42 Å². The molecule has 0 saturated heterocycles. The van der Waals surface area contributed by atoms with Gasteiger partial charge in [-0.2, -0.15) is 0 Å². The fraction of sp³-hybridized carbons (Fsp3) is 0.125. The van der Waals surface area contributed by atoms with Gasteiger partial charge in [0.15, 0.2) is 22.4 Å². The third-order valence-corrected chi connectivity index (χ3v) is 5.95. The van der Waals surface area contributed by atoms with Crippen molar-refractivity contribution in [3.05, 3.63) is 95.6 Å². The summed E-state index contributed by atoms with van der Waals surface area (Å²) >= 11 is 1.29. The number of carbonyl (C=O) groups excluding carboxylic acids is 1. The third kappa shape index (κ3) is 4.22. The quantitative estimate of drug-likeness (QED) is 0.302. The number of fused-ring (bicyclic) bond motifs is 1. The second kappa shape index (κ2) is 8.84. The van der Waals surface area contributed by atoms with E-state index in [1.807, 2.05) is 34.9 Å². The Labute approximate surface area is 188 Å². The van der Waals surface area contributed by atoms with Crippen molar-refractivity contribution in [3.8, 4) is 17.2 Å². The molecule has 2 heterocycles. The highest BCUT2D eigenvalue weighted by molar-refractivity contribution is 7.99. The maximum atomic E-state index is 13.5. The number of Topliss-reactive ketones (excluding diaryl/α,β-unsaturated/α-hetero) is 1. The summed E-state index contributed by atoms with van der Waals surface area (Å²) < 4.78 is 26.0. The summed E-state index contributed by atoms with van der Waals surface area (Å²) in [6.45, 7) is 0.159. The summed E-state index contributed by atoms with van der Waals surface area (Å²) in [6.07, 6.45) is 0.557. The Bertz CT molecular complexity index is 1260. The smallest absolute Gasteiger partial charge is 0.231 e. The zero-order valence-electron chi connectivity index (χ0n) is 16.9. The minimum Gasteiger partial charge on any atom is -0.454 e.